The first kappa shape index (κ1) is 10.4. The maximum absolute atomic E-state index is 11.0. The van der Waals surface area contributed by atoms with Gasteiger partial charge in [-0.15, -0.1) is 0 Å². The van der Waals surface area contributed by atoms with Gasteiger partial charge in [0.05, 0.1) is 19.2 Å². The van der Waals surface area contributed by atoms with Crippen molar-refractivity contribution >= 4 is 5.91 Å². The predicted octanol–water partition coefficient (Wildman–Crippen LogP) is -0.562. The van der Waals surface area contributed by atoms with Gasteiger partial charge in [-0.2, -0.15) is 0 Å². The van der Waals surface area contributed by atoms with Crippen molar-refractivity contribution in [3.8, 4) is 0 Å². The van der Waals surface area contributed by atoms with Crippen LogP contribution in [0.25, 0.3) is 0 Å². The maximum Gasteiger partial charge on any atom is 0.236 e. The van der Waals surface area contributed by atoms with Crippen LogP contribution in [0.2, 0.25) is 0 Å². The number of carbonyl (C=O) groups is 1. The Balaban J connectivity index is 3.80. The van der Waals surface area contributed by atoms with Crippen LogP contribution in [0, 0.1) is 0 Å². The molecule has 0 aliphatic carbocycles. The molecule has 11 heavy (non-hydrogen) atoms. The smallest absolute Gasteiger partial charge is 0.236 e. The Morgan fingerprint density at radius 2 is 2.27 bits per heavy atom. The fraction of sp³-hybridized carbons (Fsp3) is 0.857. The summed E-state index contributed by atoms with van der Waals surface area (Å²) in [5.74, 6) is -0.0606. The van der Waals surface area contributed by atoms with E-state index in [1.165, 1.54) is 0 Å². The second-order valence-corrected chi connectivity index (χ2v) is 2.51. The van der Waals surface area contributed by atoms with Crippen LogP contribution in [-0.2, 0) is 9.53 Å². The van der Waals surface area contributed by atoms with E-state index in [4.69, 9.17) is 10.5 Å². The number of carbonyl (C=O) groups excluding carboxylic acids is 1. The minimum Gasteiger partial charge on any atom is -0.383 e. The molecule has 0 aliphatic rings. The molecule has 0 heterocycles. The number of rotatable bonds is 4. The summed E-state index contributed by atoms with van der Waals surface area (Å²) in [7, 11) is 3.33. The van der Waals surface area contributed by atoms with Crippen LogP contribution in [0.1, 0.15) is 6.92 Å². The van der Waals surface area contributed by atoms with Gasteiger partial charge in [-0.05, 0) is 6.92 Å². The molecule has 2 N–H and O–H groups in total. The van der Waals surface area contributed by atoms with Crippen molar-refractivity contribution < 1.29 is 9.53 Å². The first-order valence-corrected chi connectivity index (χ1v) is 3.58. The zero-order valence-corrected chi connectivity index (χ0v) is 7.33. The zero-order chi connectivity index (χ0) is 8.85. The number of nitrogens with two attached hydrogens (primary N) is 1. The van der Waals surface area contributed by atoms with Gasteiger partial charge in [0.1, 0.15) is 0 Å². The van der Waals surface area contributed by atoms with Crippen molar-refractivity contribution in [2.24, 2.45) is 5.73 Å². The summed E-state index contributed by atoms with van der Waals surface area (Å²) in [4.78, 5) is 12.6. The Labute approximate surface area is 67.3 Å². The lowest BCUT2D eigenvalue weighted by molar-refractivity contribution is -0.131. The van der Waals surface area contributed by atoms with Gasteiger partial charge < -0.3 is 15.4 Å². The van der Waals surface area contributed by atoms with Crippen LogP contribution in [-0.4, -0.2) is 44.2 Å². The standard InChI is InChI=1S/C7H16N2O2/c1-6(5-11-3)9(2)7(10)4-8/h6H,4-5,8H2,1-3H3. The van der Waals surface area contributed by atoms with Gasteiger partial charge in [-0.1, -0.05) is 0 Å². The second-order valence-electron chi connectivity index (χ2n) is 2.51. The molecule has 0 rings (SSSR count). The van der Waals surface area contributed by atoms with Crippen molar-refractivity contribution in [2.75, 3.05) is 27.3 Å². The van der Waals surface area contributed by atoms with E-state index < -0.39 is 0 Å². The minimum atomic E-state index is -0.0606. The van der Waals surface area contributed by atoms with Crippen molar-refractivity contribution in [3.05, 3.63) is 0 Å². The predicted molar refractivity (Wildman–Crippen MR) is 43.2 cm³/mol. The number of amides is 1. The highest BCUT2D eigenvalue weighted by atomic mass is 16.5. The average molecular weight is 160 g/mol. The number of hydrogen-bond acceptors (Lipinski definition) is 3. The first-order chi connectivity index (χ1) is 5.13. The van der Waals surface area contributed by atoms with Gasteiger partial charge in [0.2, 0.25) is 5.91 Å². The van der Waals surface area contributed by atoms with E-state index in [9.17, 15) is 4.79 Å². The molecular weight excluding hydrogens is 144 g/mol. The highest BCUT2D eigenvalue weighted by Gasteiger charge is 2.12. The summed E-state index contributed by atoms with van der Waals surface area (Å²) < 4.78 is 4.88. The van der Waals surface area contributed by atoms with Gasteiger partial charge in [-0.3, -0.25) is 4.79 Å². The molecule has 0 aromatic heterocycles. The highest BCUT2D eigenvalue weighted by Crippen LogP contribution is 1.94. The van der Waals surface area contributed by atoms with E-state index in [2.05, 4.69) is 0 Å². The van der Waals surface area contributed by atoms with Gasteiger partial charge in [-0.25, -0.2) is 0 Å². The van der Waals surface area contributed by atoms with Gasteiger partial charge >= 0.3 is 0 Å². The van der Waals surface area contributed by atoms with Crippen LogP contribution in [0.3, 0.4) is 0 Å². The van der Waals surface area contributed by atoms with Crippen molar-refractivity contribution in [1.29, 1.82) is 0 Å². The molecule has 1 unspecified atom stereocenters. The largest absolute Gasteiger partial charge is 0.383 e. The molecule has 0 aliphatic heterocycles. The lowest BCUT2D eigenvalue weighted by atomic mass is 10.3. The Morgan fingerprint density at radius 1 is 1.73 bits per heavy atom. The summed E-state index contributed by atoms with van der Waals surface area (Å²) in [5.41, 5.74) is 5.17. The SMILES string of the molecule is COCC(C)N(C)C(=O)CN. The number of hydrogen-bond donors (Lipinski definition) is 1. The molecule has 0 aromatic carbocycles. The number of methoxy groups -OCH3 is 1. The van der Waals surface area contributed by atoms with E-state index in [-0.39, 0.29) is 18.5 Å². The molecule has 66 valence electrons. The van der Waals surface area contributed by atoms with E-state index in [0.717, 1.165) is 0 Å². The average Bonchev–Trinajstić information content (AvgIpc) is 2.02. The molecule has 0 bridgehead atoms. The third-order valence-corrected chi connectivity index (χ3v) is 1.64. The summed E-state index contributed by atoms with van der Waals surface area (Å²) in [6.45, 7) is 2.52. The molecule has 0 aromatic rings. The molecule has 0 spiro atoms. The number of ether oxygens (including phenoxy) is 1. The van der Waals surface area contributed by atoms with E-state index in [1.54, 1.807) is 19.1 Å². The molecule has 4 heteroatoms. The fourth-order valence-electron chi connectivity index (χ4n) is 0.743. The van der Waals surface area contributed by atoms with Crippen molar-refractivity contribution in [3.63, 3.8) is 0 Å². The third-order valence-electron chi connectivity index (χ3n) is 1.64. The Bertz CT molecular complexity index is 128. The molecule has 0 fully saturated rings. The first-order valence-electron chi connectivity index (χ1n) is 3.58. The quantitative estimate of drug-likeness (QED) is 0.599. The van der Waals surface area contributed by atoms with E-state index >= 15 is 0 Å². The number of likely N-dealkylation sites (N-methyl/N-ethyl adjacent to an activating group) is 1. The van der Waals surface area contributed by atoms with E-state index in [1.807, 2.05) is 6.92 Å². The summed E-state index contributed by atoms with van der Waals surface area (Å²) in [6.07, 6.45) is 0. The lowest BCUT2D eigenvalue weighted by Gasteiger charge is -2.23. The highest BCUT2D eigenvalue weighted by molar-refractivity contribution is 5.77. The van der Waals surface area contributed by atoms with E-state index in [0.29, 0.717) is 6.61 Å². The molecule has 0 saturated heterocycles. The zero-order valence-electron chi connectivity index (χ0n) is 7.33. The van der Waals surface area contributed by atoms with Crippen LogP contribution < -0.4 is 5.73 Å². The Kier molecular flexibility index (Phi) is 4.81. The summed E-state index contributed by atoms with van der Waals surface area (Å²) in [5, 5.41) is 0. The molecule has 1 atom stereocenters. The minimum absolute atomic E-state index is 0.0601. The Morgan fingerprint density at radius 3 is 2.64 bits per heavy atom. The normalized spacial score (nSPS) is 12.7. The summed E-state index contributed by atoms with van der Waals surface area (Å²) >= 11 is 0. The molecule has 4 nitrogen and oxygen atoms in total. The van der Waals surface area contributed by atoms with Crippen LogP contribution in [0.5, 0.6) is 0 Å². The fourth-order valence-corrected chi connectivity index (χ4v) is 0.743. The topological polar surface area (TPSA) is 55.6 Å². The van der Waals surface area contributed by atoms with Crippen LogP contribution in [0.4, 0.5) is 0 Å². The molecule has 0 radical (unpaired) electrons. The van der Waals surface area contributed by atoms with Crippen LogP contribution in [0.15, 0.2) is 0 Å². The van der Waals surface area contributed by atoms with Gasteiger partial charge in [0.25, 0.3) is 0 Å². The third kappa shape index (κ3) is 3.34. The number of nitrogens with zero attached hydrogens (tertiary/aromatic N) is 1. The lowest BCUT2D eigenvalue weighted by Crippen LogP contribution is -2.41. The monoisotopic (exact) mass is 160 g/mol. The summed E-state index contributed by atoms with van der Waals surface area (Å²) in [6, 6.07) is 0.0936. The molecular formula is C7H16N2O2. The van der Waals surface area contributed by atoms with Crippen molar-refractivity contribution in [1.82, 2.24) is 4.90 Å². The van der Waals surface area contributed by atoms with Gasteiger partial charge in [0, 0.05) is 14.2 Å². The maximum atomic E-state index is 11.0. The van der Waals surface area contributed by atoms with Crippen LogP contribution >= 0.6 is 0 Å². The molecule has 0 saturated carbocycles. The molecule has 1 amide bonds. The Hall–Kier alpha value is -0.610. The van der Waals surface area contributed by atoms with Crippen molar-refractivity contribution in [2.45, 2.75) is 13.0 Å². The second kappa shape index (κ2) is 5.09. The van der Waals surface area contributed by atoms with Gasteiger partial charge in [0.15, 0.2) is 0 Å².